The van der Waals surface area contributed by atoms with Crippen molar-refractivity contribution in [2.45, 2.75) is 128 Å². The molecule has 7 atom stereocenters. The maximum absolute atomic E-state index is 17.2. The normalized spacial score (nSPS) is 22.8. The molecule has 4 aromatic heterocycles. The van der Waals surface area contributed by atoms with E-state index in [2.05, 4.69) is 47.3 Å². The number of nitrogens with zero attached hydrogens (tertiary/aromatic N) is 10. The highest BCUT2D eigenvalue weighted by Crippen LogP contribution is 2.40. The second-order valence-corrected chi connectivity index (χ2v) is 25.2. The smallest absolute Gasteiger partial charge is 0.319 e. The van der Waals surface area contributed by atoms with Gasteiger partial charge in [0.1, 0.15) is 47.0 Å². The fraction of sp³-hybridized carbons (Fsp3) is 0.508. The number of phenols is 1. The molecule has 5 aliphatic rings. The van der Waals surface area contributed by atoms with E-state index in [9.17, 15) is 19.8 Å². The highest BCUT2D eigenvalue weighted by atomic mass is 32.1. The predicted octanol–water partition coefficient (Wildman–Crippen LogP) is 8.59. The van der Waals surface area contributed by atoms with Gasteiger partial charge in [0.2, 0.25) is 11.8 Å². The van der Waals surface area contributed by atoms with E-state index in [1.165, 1.54) is 4.90 Å². The lowest BCUT2D eigenvalue weighted by Gasteiger charge is -2.44. The number of fused-ring (bicyclic) bond motifs is 4. The molecule has 2 amide bonds. The molecular weight excluding hydrogens is 1090 g/mol. The minimum atomic E-state index is -1.38. The zero-order chi connectivity index (χ0) is 58.6. The molecule has 0 spiro atoms. The molecule has 5 fully saturated rings. The highest BCUT2D eigenvalue weighted by molar-refractivity contribution is 7.13. The third-order valence-electron chi connectivity index (χ3n) is 18.1. The Bertz CT molecular complexity index is 3530. The summed E-state index contributed by atoms with van der Waals surface area (Å²) in [5, 5.41) is 35.0. The first-order valence-electron chi connectivity index (χ1n) is 29.9. The molecule has 7 aromatic rings. The van der Waals surface area contributed by atoms with Crippen molar-refractivity contribution in [3.63, 3.8) is 0 Å². The molecular formula is C63H76F2N12O6S. The monoisotopic (exact) mass is 1170 g/mol. The number of piperidine rings is 1. The third kappa shape index (κ3) is 11.7. The number of pyridine rings is 1. The number of amides is 2. The van der Waals surface area contributed by atoms with Crippen molar-refractivity contribution in [1.82, 2.24) is 50.4 Å². The molecule has 2 bridgehead atoms. The van der Waals surface area contributed by atoms with Gasteiger partial charge in [0, 0.05) is 108 Å². The second kappa shape index (κ2) is 23.9. The second-order valence-electron chi connectivity index (χ2n) is 24.4. The maximum Gasteiger partial charge on any atom is 0.319 e. The SMILES string of the molecule is CCc1cccc2cc(O)cc(-c3ncc4c(N5CC6CCC(C5)N6)nc(OCCN5CCC(F)(CN6CCN(c7cc([C@@H](C(=O)N8C[C@H](O)C[C@H]8C(=O)N[C@@H](C)c8ccc(-c9scnc9C)cc8)C(C)C)on7)[C@@H](C)C6)CC5)nc4c3F)c12. The summed E-state index contributed by atoms with van der Waals surface area (Å²) in [6, 6.07) is 18.4. The molecule has 3 aromatic carbocycles. The number of anilines is 2. The van der Waals surface area contributed by atoms with Gasteiger partial charge in [-0.15, -0.1) is 11.3 Å². The van der Waals surface area contributed by atoms with Crippen LogP contribution in [-0.2, 0) is 16.0 Å². The first kappa shape index (κ1) is 57.5. The molecule has 444 valence electrons. The number of benzene rings is 3. The number of hydrogen-bond acceptors (Lipinski definition) is 17. The van der Waals surface area contributed by atoms with E-state index in [1.807, 2.05) is 88.7 Å². The van der Waals surface area contributed by atoms with Crippen LogP contribution in [0.2, 0.25) is 0 Å². The van der Waals surface area contributed by atoms with E-state index >= 15 is 8.78 Å². The summed E-state index contributed by atoms with van der Waals surface area (Å²) in [7, 11) is 0. The molecule has 0 saturated carbocycles. The van der Waals surface area contributed by atoms with Gasteiger partial charge in [-0.2, -0.15) is 9.97 Å². The Morgan fingerprint density at radius 2 is 1.74 bits per heavy atom. The number of thiazole rings is 1. The van der Waals surface area contributed by atoms with Gasteiger partial charge in [0.05, 0.1) is 33.6 Å². The minimum absolute atomic E-state index is 0.0201. The predicted molar refractivity (Wildman–Crippen MR) is 321 cm³/mol. The number of carbonyl (C=O) groups excluding carboxylic acids is 2. The van der Waals surface area contributed by atoms with E-state index < -0.39 is 29.5 Å². The number of nitrogens with one attached hydrogen (secondary N) is 2. The number of aliphatic hydroxyl groups excluding tert-OH is 1. The van der Waals surface area contributed by atoms with Gasteiger partial charge < -0.3 is 44.8 Å². The van der Waals surface area contributed by atoms with Crippen molar-refractivity contribution in [1.29, 1.82) is 0 Å². The Kier molecular flexibility index (Phi) is 16.3. The number of alkyl halides is 1. The molecule has 9 heterocycles. The number of aromatic hydroxyl groups is 1. The number of aliphatic hydroxyl groups is 1. The van der Waals surface area contributed by atoms with Gasteiger partial charge in [-0.25, -0.2) is 13.8 Å². The van der Waals surface area contributed by atoms with Crippen molar-refractivity contribution in [3.8, 4) is 33.5 Å². The van der Waals surface area contributed by atoms with Gasteiger partial charge in [-0.3, -0.25) is 24.4 Å². The lowest BCUT2D eigenvalue weighted by Crippen LogP contribution is -2.56. The molecule has 2 unspecified atom stereocenters. The lowest BCUT2D eigenvalue weighted by atomic mass is 9.91. The van der Waals surface area contributed by atoms with Crippen LogP contribution in [-0.4, -0.2) is 170 Å². The number of phenolic OH excluding ortho intramolecular Hbond substituents is 1. The fourth-order valence-corrected chi connectivity index (χ4v) is 14.5. The quantitative estimate of drug-likeness (QED) is 0.0675. The highest BCUT2D eigenvalue weighted by Gasteiger charge is 2.45. The zero-order valence-corrected chi connectivity index (χ0v) is 49.5. The van der Waals surface area contributed by atoms with E-state index in [-0.39, 0.29) is 72.4 Å². The van der Waals surface area contributed by atoms with Crippen molar-refractivity contribution in [2.24, 2.45) is 5.92 Å². The van der Waals surface area contributed by atoms with Crippen molar-refractivity contribution in [2.75, 3.05) is 81.9 Å². The summed E-state index contributed by atoms with van der Waals surface area (Å²) < 4.78 is 46.2. The number of likely N-dealkylation sites (tertiary alicyclic amines) is 2. The molecule has 84 heavy (non-hydrogen) atoms. The molecule has 0 radical (unpaired) electrons. The zero-order valence-electron chi connectivity index (χ0n) is 48.7. The van der Waals surface area contributed by atoms with Crippen LogP contribution in [0.15, 0.2) is 76.9 Å². The molecule has 5 saturated heterocycles. The van der Waals surface area contributed by atoms with Gasteiger partial charge in [0.15, 0.2) is 17.4 Å². The van der Waals surface area contributed by atoms with E-state index in [0.29, 0.717) is 119 Å². The Morgan fingerprint density at radius 1 is 0.964 bits per heavy atom. The molecule has 4 N–H and O–H groups in total. The van der Waals surface area contributed by atoms with Crippen LogP contribution in [0, 0.1) is 18.7 Å². The summed E-state index contributed by atoms with van der Waals surface area (Å²) >= 11 is 1.58. The van der Waals surface area contributed by atoms with Gasteiger partial charge >= 0.3 is 6.01 Å². The van der Waals surface area contributed by atoms with Crippen molar-refractivity contribution >= 4 is 56.5 Å². The first-order valence-corrected chi connectivity index (χ1v) is 30.8. The minimum Gasteiger partial charge on any atom is -0.508 e. The largest absolute Gasteiger partial charge is 0.508 e. The standard InChI is InChI=1S/C63H76F2N12O6S/c1-7-40-9-8-10-43-25-46(78)26-48(54(40)43)56-55(64)57-49(29-66-56)59(75-31-44-15-16-45(32-75)69-44)71-62(70-57)82-24-23-73-19-17-63(65,18-20-73)34-74-21-22-76(37(4)30-74)52-28-51(83-72-52)53(36(2)3)61(81)77-33-47(79)27-50(77)60(80)68-38(5)41-11-13-42(14-12-41)58-39(6)67-35-84-58/h8-14,25-26,28-29,35-38,44-45,47,50,53,69,78-79H,7,15-24,27,30-34H2,1-6H3,(H,68,80)/t37-,38-,44?,45?,47+,50-,53-/m0/s1. The van der Waals surface area contributed by atoms with Crippen LogP contribution >= 0.6 is 11.3 Å². The fourth-order valence-electron chi connectivity index (χ4n) is 13.7. The summed E-state index contributed by atoms with van der Waals surface area (Å²) in [4.78, 5) is 58.4. The Morgan fingerprint density at radius 3 is 2.45 bits per heavy atom. The van der Waals surface area contributed by atoms with Crippen LogP contribution < -0.4 is 25.2 Å². The number of carbonyl (C=O) groups is 2. The number of hydrogen-bond donors (Lipinski definition) is 4. The number of aromatic nitrogens is 5. The van der Waals surface area contributed by atoms with Crippen LogP contribution in [0.4, 0.5) is 20.4 Å². The number of piperazine rings is 2. The average Bonchev–Trinajstić information content (AvgIpc) is 1.55. The van der Waals surface area contributed by atoms with E-state index in [4.69, 9.17) is 24.2 Å². The topological polar surface area (TPSA) is 202 Å². The number of rotatable bonds is 17. The Hall–Kier alpha value is -6.91. The van der Waals surface area contributed by atoms with Crippen LogP contribution in [0.25, 0.3) is 43.4 Å². The average molecular weight is 1170 g/mol. The third-order valence-corrected chi connectivity index (χ3v) is 19.1. The van der Waals surface area contributed by atoms with Crippen LogP contribution in [0.3, 0.4) is 0 Å². The van der Waals surface area contributed by atoms with E-state index in [1.54, 1.807) is 29.7 Å². The summed E-state index contributed by atoms with van der Waals surface area (Å²) in [5.41, 5.74) is 5.11. The summed E-state index contributed by atoms with van der Waals surface area (Å²) in [5.74, 6) is -0.581. The van der Waals surface area contributed by atoms with Crippen molar-refractivity contribution in [3.05, 3.63) is 101 Å². The summed E-state index contributed by atoms with van der Waals surface area (Å²) in [6.07, 6.45) is 4.49. The van der Waals surface area contributed by atoms with Crippen molar-refractivity contribution < 1.29 is 37.8 Å². The lowest BCUT2D eigenvalue weighted by molar-refractivity contribution is -0.141. The van der Waals surface area contributed by atoms with Gasteiger partial charge in [-0.05, 0) is 98.4 Å². The summed E-state index contributed by atoms with van der Waals surface area (Å²) in [6.45, 7) is 17.3. The van der Waals surface area contributed by atoms with Gasteiger partial charge in [-0.1, -0.05) is 68.4 Å². The Balaban J connectivity index is 0.652. The molecule has 18 nitrogen and oxygen atoms in total. The molecule has 21 heteroatoms. The van der Waals surface area contributed by atoms with E-state index in [0.717, 1.165) is 50.9 Å². The number of ether oxygens (including phenoxy) is 1. The Labute approximate surface area is 492 Å². The van der Waals surface area contributed by atoms with Gasteiger partial charge in [0.25, 0.3) is 0 Å². The first-order chi connectivity index (χ1) is 40.5. The maximum atomic E-state index is 17.2. The van der Waals surface area contributed by atoms with Crippen LogP contribution in [0.1, 0.15) is 101 Å². The number of aryl methyl sites for hydroxylation is 2. The molecule has 12 rings (SSSR count). The number of halogens is 2. The molecule has 5 aliphatic heterocycles. The van der Waals surface area contributed by atoms with Crippen LogP contribution in [0.5, 0.6) is 11.8 Å². The molecule has 0 aliphatic carbocycles. The number of β-amino-alcohol motifs (C(OH)–C–C–N with tert-alkyl or cyclic N) is 1.